The van der Waals surface area contributed by atoms with Crippen LogP contribution >= 0.6 is 0 Å². The molecule has 0 aliphatic carbocycles. The van der Waals surface area contributed by atoms with Gasteiger partial charge in [-0.2, -0.15) is 0 Å². The van der Waals surface area contributed by atoms with Crippen molar-refractivity contribution >= 4 is 5.97 Å². The number of carbonyl (C=O) groups is 1. The van der Waals surface area contributed by atoms with Gasteiger partial charge in [0.1, 0.15) is 6.04 Å². The van der Waals surface area contributed by atoms with E-state index < -0.39 is 12.0 Å². The molecule has 0 radical (unpaired) electrons. The molecule has 0 saturated heterocycles. The Labute approximate surface area is 74.4 Å². The molecule has 70 valence electrons. The quantitative estimate of drug-likeness (QED) is 0.644. The highest BCUT2D eigenvalue weighted by atomic mass is 16.4. The van der Waals surface area contributed by atoms with Crippen LogP contribution in [0.5, 0.6) is 0 Å². The molecule has 1 heterocycles. The van der Waals surface area contributed by atoms with E-state index in [1.807, 2.05) is 0 Å². The zero-order valence-electron chi connectivity index (χ0n) is 6.88. The SMILES string of the molecule is NC(Cn1ccc(=O)cc1)C(=O)O. The van der Waals surface area contributed by atoms with E-state index in [0.717, 1.165) is 0 Å². The highest BCUT2D eigenvalue weighted by Crippen LogP contribution is 1.88. The summed E-state index contributed by atoms with van der Waals surface area (Å²) in [6.45, 7) is 0.162. The minimum absolute atomic E-state index is 0.111. The molecule has 1 unspecified atom stereocenters. The Morgan fingerprint density at radius 3 is 2.54 bits per heavy atom. The zero-order valence-corrected chi connectivity index (χ0v) is 6.88. The molecule has 0 aliphatic rings. The lowest BCUT2D eigenvalue weighted by molar-refractivity contribution is -0.138. The minimum atomic E-state index is -1.06. The Morgan fingerprint density at radius 1 is 1.54 bits per heavy atom. The number of carboxylic acids is 1. The monoisotopic (exact) mass is 182 g/mol. The molecule has 3 N–H and O–H groups in total. The highest BCUT2D eigenvalue weighted by Gasteiger charge is 2.10. The first-order chi connectivity index (χ1) is 6.09. The van der Waals surface area contributed by atoms with E-state index in [-0.39, 0.29) is 12.0 Å². The molecule has 0 fully saturated rings. The number of aromatic nitrogens is 1. The summed E-state index contributed by atoms with van der Waals surface area (Å²) in [5.41, 5.74) is 5.18. The standard InChI is InChI=1S/C8H10N2O3/c9-7(8(12)13)5-10-3-1-6(11)2-4-10/h1-4,7H,5,9H2,(H,12,13). The Kier molecular flexibility index (Phi) is 2.81. The molecule has 1 rings (SSSR count). The normalized spacial score (nSPS) is 12.4. The van der Waals surface area contributed by atoms with Gasteiger partial charge in [-0.05, 0) is 0 Å². The smallest absolute Gasteiger partial charge is 0.322 e. The fourth-order valence-electron chi connectivity index (χ4n) is 0.871. The predicted octanol–water partition coefficient (Wildman–Crippen LogP) is -0.740. The van der Waals surface area contributed by atoms with Crippen molar-refractivity contribution in [1.82, 2.24) is 4.57 Å². The molecule has 0 amide bonds. The minimum Gasteiger partial charge on any atom is -0.480 e. The molecule has 0 aliphatic heterocycles. The molecular formula is C8H10N2O3. The van der Waals surface area contributed by atoms with Crippen molar-refractivity contribution < 1.29 is 9.90 Å². The van der Waals surface area contributed by atoms with Crippen molar-refractivity contribution in [3.05, 3.63) is 34.7 Å². The Balaban J connectivity index is 2.70. The molecule has 0 aromatic carbocycles. The second-order valence-corrected chi connectivity index (χ2v) is 2.68. The van der Waals surface area contributed by atoms with Gasteiger partial charge in [0.2, 0.25) is 0 Å². The fraction of sp³-hybridized carbons (Fsp3) is 0.250. The fourth-order valence-corrected chi connectivity index (χ4v) is 0.871. The van der Waals surface area contributed by atoms with Gasteiger partial charge in [0.15, 0.2) is 5.43 Å². The maximum Gasteiger partial charge on any atom is 0.322 e. The van der Waals surface area contributed by atoms with Crippen LogP contribution in [0, 0.1) is 0 Å². The van der Waals surface area contributed by atoms with Gasteiger partial charge in [-0.3, -0.25) is 9.59 Å². The van der Waals surface area contributed by atoms with Crippen molar-refractivity contribution in [2.75, 3.05) is 0 Å². The molecule has 1 aromatic heterocycles. The lowest BCUT2D eigenvalue weighted by Gasteiger charge is -2.08. The van der Waals surface area contributed by atoms with Gasteiger partial charge in [-0.1, -0.05) is 0 Å². The number of hydrogen-bond acceptors (Lipinski definition) is 3. The molecular weight excluding hydrogens is 172 g/mol. The summed E-state index contributed by atoms with van der Waals surface area (Å²) >= 11 is 0. The average Bonchev–Trinajstić information content (AvgIpc) is 2.08. The number of carboxylic acid groups (broad SMARTS) is 1. The maximum absolute atomic E-state index is 10.7. The number of rotatable bonds is 3. The van der Waals surface area contributed by atoms with Crippen molar-refractivity contribution in [2.45, 2.75) is 12.6 Å². The van der Waals surface area contributed by atoms with Crippen LogP contribution in [0.2, 0.25) is 0 Å². The lowest BCUT2D eigenvalue weighted by Crippen LogP contribution is -2.34. The lowest BCUT2D eigenvalue weighted by atomic mass is 10.3. The molecule has 0 spiro atoms. The Hall–Kier alpha value is -1.62. The van der Waals surface area contributed by atoms with Crippen LogP contribution < -0.4 is 11.2 Å². The molecule has 5 nitrogen and oxygen atoms in total. The highest BCUT2D eigenvalue weighted by molar-refractivity contribution is 5.72. The molecule has 5 heteroatoms. The second-order valence-electron chi connectivity index (χ2n) is 2.68. The largest absolute Gasteiger partial charge is 0.480 e. The van der Waals surface area contributed by atoms with Gasteiger partial charge in [0.25, 0.3) is 0 Å². The van der Waals surface area contributed by atoms with E-state index in [2.05, 4.69) is 0 Å². The first kappa shape index (κ1) is 9.47. The molecule has 13 heavy (non-hydrogen) atoms. The summed E-state index contributed by atoms with van der Waals surface area (Å²) in [6.07, 6.45) is 3.01. The van der Waals surface area contributed by atoms with Crippen LogP contribution in [0.3, 0.4) is 0 Å². The van der Waals surface area contributed by atoms with Crippen molar-refractivity contribution in [3.8, 4) is 0 Å². The number of aliphatic carboxylic acids is 1. The summed E-state index contributed by atoms with van der Waals surface area (Å²) in [6, 6.07) is 1.77. The number of pyridine rings is 1. The van der Waals surface area contributed by atoms with Gasteiger partial charge in [0, 0.05) is 31.1 Å². The number of nitrogens with two attached hydrogens (primary N) is 1. The van der Waals surface area contributed by atoms with E-state index in [4.69, 9.17) is 10.8 Å². The predicted molar refractivity (Wildman–Crippen MR) is 46.3 cm³/mol. The molecule has 0 saturated carbocycles. The topological polar surface area (TPSA) is 85.3 Å². The van der Waals surface area contributed by atoms with Gasteiger partial charge in [0.05, 0.1) is 0 Å². The van der Waals surface area contributed by atoms with Crippen molar-refractivity contribution in [2.24, 2.45) is 5.73 Å². The van der Waals surface area contributed by atoms with E-state index in [1.54, 1.807) is 4.57 Å². The van der Waals surface area contributed by atoms with E-state index in [1.165, 1.54) is 24.5 Å². The number of hydrogen-bond donors (Lipinski definition) is 2. The van der Waals surface area contributed by atoms with Crippen LogP contribution in [0.15, 0.2) is 29.3 Å². The van der Waals surface area contributed by atoms with Crippen LogP contribution in [0.4, 0.5) is 0 Å². The van der Waals surface area contributed by atoms with Crippen LogP contribution in [0.25, 0.3) is 0 Å². The first-order valence-corrected chi connectivity index (χ1v) is 3.74. The average molecular weight is 182 g/mol. The van der Waals surface area contributed by atoms with Crippen molar-refractivity contribution in [1.29, 1.82) is 0 Å². The van der Waals surface area contributed by atoms with Gasteiger partial charge in [-0.15, -0.1) is 0 Å². The third-order valence-electron chi connectivity index (χ3n) is 1.59. The Bertz CT molecular complexity index is 338. The summed E-state index contributed by atoms with van der Waals surface area (Å²) < 4.78 is 1.56. The van der Waals surface area contributed by atoms with Gasteiger partial charge >= 0.3 is 5.97 Å². The van der Waals surface area contributed by atoms with Gasteiger partial charge in [-0.25, -0.2) is 0 Å². The summed E-state index contributed by atoms with van der Waals surface area (Å²) in [5.74, 6) is -1.06. The summed E-state index contributed by atoms with van der Waals surface area (Å²) in [7, 11) is 0. The number of nitrogens with zero attached hydrogens (tertiary/aromatic N) is 1. The maximum atomic E-state index is 10.7. The summed E-state index contributed by atoms with van der Waals surface area (Å²) in [5, 5.41) is 8.50. The molecule has 1 atom stereocenters. The third-order valence-corrected chi connectivity index (χ3v) is 1.59. The van der Waals surface area contributed by atoms with Crippen molar-refractivity contribution in [3.63, 3.8) is 0 Å². The molecule has 1 aromatic rings. The van der Waals surface area contributed by atoms with Crippen LogP contribution in [-0.2, 0) is 11.3 Å². The van der Waals surface area contributed by atoms with Crippen LogP contribution in [0.1, 0.15) is 0 Å². The molecule has 0 bridgehead atoms. The third kappa shape index (κ3) is 2.72. The first-order valence-electron chi connectivity index (χ1n) is 3.74. The van der Waals surface area contributed by atoms with Crippen LogP contribution in [-0.4, -0.2) is 21.7 Å². The zero-order chi connectivity index (χ0) is 9.84. The van der Waals surface area contributed by atoms with E-state index in [9.17, 15) is 9.59 Å². The van der Waals surface area contributed by atoms with Gasteiger partial charge < -0.3 is 15.4 Å². The Morgan fingerprint density at radius 2 is 2.08 bits per heavy atom. The second kappa shape index (κ2) is 3.86. The van der Waals surface area contributed by atoms with E-state index >= 15 is 0 Å². The summed E-state index contributed by atoms with van der Waals surface area (Å²) in [4.78, 5) is 21.1. The van der Waals surface area contributed by atoms with E-state index in [0.29, 0.717) is 0 Å².